The van der Waals surface area contributed by atoms with E-state index in [1.807, 2.05) is 31.2 Å². The van der Waals surface area contributed by atoms with Crippen molar-refractivity contribution < 1.29 is 14.3 Å². The fourth-order valence-corrected chi connectivity index (χ4v) is 6.03. The fourth-order valence-electron chi connectivity index (χ4n) is 6.03. The third-order valence-corrected chi connectivity index (χ3v) is 7.60. The molecule has 0 spiro atoms. The van der Waals surface area contributed by atoms with Crippen LogP contribution in [0.3, 0.4) is 0 Å². The van der Waals surface area contributed by atoms with Crippen LogP contribution in [0.25, 0.3) is 6.08 Å². The van der Waals surface area contributed by atoms with Crippen LogP contribution in [0.5, 0.6) is 0 Å². The molecule has 2 aromatic heterocycles. The number of aromatic nitrogens is 2. The van der Waals surface area contributed by atoms with Gasteiger partial charge in [0.15, 0.2) is 6.39 Å². The number of oxazole rings is 1. The van der Waals surface area contributed by atoms with Crippen molar-refractivity contribution in [3.63, 3.8) is 0 Å². The van der Waals surface area contributed by atoms with E-state index in [0.29, 0.717) is 25.2 Å². The van der Waals surface area contributed by atoms with Crippen molar-refractivity contribution in [2.24, 2.45) is 11.8 Å². The van der Waals surface area contributed by atoms with Gasteiger partial charge in [-0.3, -0.25) is 14.5 Å². The van der Waals surface area contributed by atoms with Gasteiger partial charge in [0.1, 0.15) is 6.26 Å². The largest absolute Gasteiger partial charge is 0.451 e. The molecular weight excluding hydrogens is 434 g/mol. The van der Waals surface area contributed by atoms with Gasteiger partial charge in [-0.25, -0.2) is 4.98 Å². The van der Waals surface area contributed by atoms with Gasteiger partial charge in [0.25, 0.3) is 5.56 Å². The molecule has 0 aromatic carbocycles. The average Bonchev–Trinajstić information content (AvgIpc) is 3.57. The monoisotopic (exact) mass is 467 g/mol. The molecule has 0 unspecified atom stereocenters. The molecule has 5 rings (SSSR count). The standard InChI is InChI=1S/C25H33N5O4/c1-2-5-17-6-7-20-23-22(24(32)26-8-11-28-9-3-4-10-28)19(14-31)21(13-30(20)25(17)33)29(23)12-18-15-34-16-27-18/h2,5-7,15-16,19,21-23,31H,3-4,8-14H2,1H3,(H,26,32)/b5-2+/t19-,21-,22+,23+/m0/s1. The molecule has 182 valence electrons. The number of likely N-dealkylation sites (tertiary alicyclic amines) is 1. The lowest BCUT2D eigenvalue weighted by molar-refractivity contribution is -0.127. The van der Waals surface area contributed by atoms with Gasteiger partial charge in [0, 0.05) is 56.0 Å². The van der Waals surface area contributed by atoms with E-state index in [2.05, 4.69) is 20.1 Å². The van der Waals surface area contributed by atoms with E-state index in [9.17, 15) is 14.7 Å². The number of carbonyl (C=O) groups excluding carboxylic acids is 1. The highest BCUT2D eigenvalue weighted by Gasteiger charge is 2.55. The van der Waals surface area contributed by atoms with Gasteiger partial charge in [-0.05, 0) is 45.0 Å². The van der Waals surface area contributed by atoms with E-state index in [0.717, 1.165) is 31.0 Å². The summed E-state index contributed by atoms with van der Waals surface area (Å²) in [6.07, 6.45) is 9.09. The first-order valence-corrected chi connectivity index (χ1v) is 12.2. The minimum absolute atomic E-state index is 0.0570. The molecule has 1 amide bonds. The number of aliphatic hydroxyl groups is 1. The summed E-state index contributed by atoms with van der Waals surface area (Å²) >= 11 is 0. The second kappa shape index (κ2) is 9.85. The van der Waals surface area contributed by atoms with E-state index in [-0.39, 0.29) is 36.1 Å². The van der Waals surface area contributed by atoms with Crippen LogP contribution in [-0.2, 0) is 17.9 Å². The van der Waals surface area contributed by atoms with Gasteiger partial charge >= 0.3 is 0 Å². The number of hydrogen-bond donors (Lipinski definition) is 2. The number of carbonyl (C=O) groups is 1. The van der Waals surface area contributed by atoms with Crippen molar-refractivity contribution in [2.75, 3.05) is 32.8 Å². The maximum Gasteiger partial charge on any atom is 0.258 e. The summed E-state index contributed by atoms with van der Waals surface area (Å²) in [5.74, 6) is -0.802. The SMILES string of the molecule is C/C=C/c1ccc2n(c1=O)C[C@H]1[C@H](CO)[C@@H](C(=O)NCCN3CCCC3)[C@@H]2N1Cc1cocn1. The molecule has 34 heavy (non-hydrogen) atoms. The zero-order valence-corrected chi connectivity index (χ0v) is 19.6. The lowest BCUT2D eigenvalue weighted by Crippen LogP contribution is -2.46. The second-order valence-corrected chi connectivity index (χ2v) is 9.51. The van der Waals surface area contributed by atoms with Gasteiger partial charge in [-0.15, -0.1) is 0 Å². The van der Waals surface area contributed by atoms with Crippen molar-refractivity contribution >= 4 is 12.0 Å². The molecule has 2 saturated heterocycles. The Morgan fingerprint density at radius 1 is 1.32 bits per heavy atom. The van der Waals surface area contributed by atoms with E-state index in [4.69, 9.17) is 4.42 Å². The molecule has 2 bridgehead atoms. The Bertz CT molecular complexity index is 1090. The summed E-state index contributed by atoms with van der Waals surface area (Å²) in [6.45, 7) is 6.27. The number of pyridine rings is 1. The van der Waals surface area contributed by atoms with Crippen molar-refractivity contribution in [1.29, 1.82) is 0 Å². The molecule has 9 nitrogen and oxygen atoms in total. The maximum atomic E-state index is 13.5. The molecule has 2 N–H and O–H groups in total. The Hall–Kier alpha value is -2.75. The van der Waals surface area contributed by atoms with Crippen molar-refractivity contribution in [3.05, 3.63) is 58.2 Å². The molecule has 3 aliphatic rings. The maximum absolute atomic E-state index is 13.5. The summed E-state index contributed by atoms with van der Waals surface area (Å²) in [5, 5.41) is 13.5. The van der Waals surface area contributed by atoms with Crippen molar-refractivity contribution in [3.8, 4) is 0 Å². The Morgan fingerprint density at radius 2 is 2.15 bits per heavy atom. The summed E-state index contributed by atoms with van der Waals surface area (Å²) in [6, 6.07) is 3.30. The van der Waals surface area contributed by atoms with Crippen LogP contribution < -0.4 is 10.9 Å². The summed E-state index contributed by atoms with van der Waals surface area (Å²) in [5.41, 5.74) is 2.15. The normalized spacial score (nSPS) is 26.9. The lowest BCUT2D eigenvalue weighted by atomic mass is 9.86. The Morgan fingerprint density at radius 3 is 2.85 bits per heavy atom. The summed E-state index contributed by atoms with van der Waals surface area (Å²) < 4.78 is 6.97. The first-order valence-electron chi connectivity index (χ1n) is 12.2. The number of rotatable bonds is 8. The Labute approximate surface area is 199 Å². The lowest BCUT2D eigenvalue weighted by Gasteiger charge is -2.37. The van der Waals surface area contributed by atoms with E-state index >= 15 is 0 Å². The van der Waals surface area contributed by atoms with Crippen molar-refractivity contribution in [2.45, 2.75) is 44.9 Å². The zero-order valence-electron chi connectivity index (χ0n) is 19.6. The van der Waals surface area contributed by atoms with Gasteiger partial charge < -0.3 is 24.3 Å². The van der Waals surface area contributed by atoms with Crippen molar-refractivity contribution in [1.82, 2.24) is 24.7 Å². The molecule has 3 aliphatic heterocycles. The van der Waals surface area contributed by atoms with Gasteiger partial charge in [-0.2, -0.15) is 0 Å². The van der Waals surface area contributed by atoms with E-state index in [1.54, 1.807) is 10.8 Å². The number of nitrogens with zero attached hydrogens (tertiary/aromatic N) is 4. The third kappa shape index (κ3) is 4.12. The third-order valence-electron chi connectivity index (χ3n) is 7.60. The molecule has 2 fully saturated rings. The Kier molecular flexibility index (Phi) is 6.67. The van der Waals surface area contributed by atoms with Crippen LogP contribution in [0.15, 0.2) is 40.1 Å². The highest BCUT2D eigenvalue weighted by atomic mass is 16.3. The minimum Gasteiger partial charge on any atom is -0.451 e. The molecule has 2 aromatic rings. The van der Waals surface area contributed by atoms with Gasteiger partial charge in [-0.1, -0.05) is 12.2 Å². The minimum atomic E-state index is -0.457. The molecule has 0 aliphatic carbocycles. The second-order valence-electron chi connectivity index (χ2n) is 9.51. The Balaban J connectivity index is 1.47. The number of allylic oxidation sites excluding steroid dienone is 1. The molecular formula is C25H33N5O4. The average molecular weight is 468 g/mol. The molecule has 0 saturated carbocycles. The number of fused-ring (bicyclic) bond motifs is 4. The number of aliphatic hydroxyl groups excluding tert-OH is 1. The first kappa shape index (κ1) is 23.0. The predicted octanol–water partition coefficient (Wildman–Crippen LogP) is 1.25. The molecule has 0 radical (unpaired) electrons. The summed E-state index contributed by atoms with van der Waals surface area (Å²) in [7, 11) is 0. The van der Waals surface area contributed by atoms with E-state index < -0.39 is 5.92 Å². The quantitative estimate of drug-likeness (QED) is 0.602. The fraction of sp³-hybridized carbons (Fsp3) is 0.560. The molecule has 4 atom stereocenters. The number of nitrogens with one attached hydrogen (secondary N) is 1. The molecule has 9 heteroatoms. The zero-order chi connectivity index (χ0) is 23.7. The topological polar surface area (TPSA) is 104 Å². The highest BCUT2D eigenvalue weighted by molar-refractivity contribution is 5.80. The van der Waals surface area contributed by atoms with Crippen LogP contribution in [-0.4, -0.2) is 69.2 Å². The summed E-state index contributed by atoms with van der Waals surface area (Å²) in [4.78, 5) is 35.6. The van der Waals surface area contributed by atoms with Crippen LogP contribution in [0.1, 0.15) is 42.8 Å². The van der Waals surface area contributed by atoms with E-state index in [1.165, 1.54) is 19.2 Å². The molecule has 5 heterocycles. The van der Waals surface area contributed by atoms with Crippen LogP contribution in [0.2, 0.25) is 0 Å². The number of hydrogen-bond acceptors (Lipinski definition) is 7. The van der Waals surface area contributed by atoms with Crippen LogP contribution in [0.4, 0.5) is 0 Å². The van der Waals surface area contributed by atoms with Crippen LogP contribution in [0, 0.1) is 11.8 Å². The van der Waals surface area contributed by atoms with Gasteiger partial charge in [0.05, 0.1) is 17.7 Å². The van der Waals surface area contributed by atoms with Crippen LogP contribution >= 0.6 is 0 Å². The number of amides is 1. The smallest absolute Gasteiger partial charge is 0.258 e. The first-order chi connectivity index (χ1) is 16.6. The van der Waals surface area contributed by atoms with Gasteiger partial charge in [0.2, 0.25) is 5.91 Å². The predicted molar refractivity (Wildman–Crippen MR) is 127 cm³/mol. The highest BCUT2D eigenvalue weighted by Crippen LogP contribution is 2.48.